The van der Waals surface area contributed by atoms with E-state index in [-0.39, 0.29) is 6.61 Å². The maximum absolute atomic E-state index is 9.33. The Labute approximate surface area is 168 Å². The molecule has 27 heavy (non-hydrogen) atoms. The van der Waals surface area contributed by atoms with Crippen molar-refractivity contribution in [2.24, 2.45) is 16.8 Å². The summed E-state index contributed by atoms with van der Waals surface area (Å²) in [5.74, 6) is 3.00. The number of aliphatic imine (C=N–C) groups is 1. The second-order valence-electron chi connectivity index (χ2n) is 7.52. The Kier molecular flexibility index (Phi) is 9.27. The lowest BCUT2D eigenvalue weighted by Crippen LogP contribution is -2.52. The predicted octanol–water partition coefficient (Wildman–Crippen LogP) is 2.23. The summed E-state index contributed by atoms with van der Waals surface area (Å²) in [5.41, 5.74) is 0. The molecule has 0 bridgehead atoms. The first kappa shape index (κ1) is 21.9. The van der Waals surface area contributed by atoms with Crippen LogP contribution in [0.25, 0.3) is 0 Å². The highest BCUT2D eigenvalue weighted by atomic mass is 32.1. The largest absolute Gasteiger partial charge is 0.396 e. The third kappa shape index (κ3) is 6.92. The van der Waals surface area contributed by atoms with Crippen molar-refractivity contribution in [1.82, 2.24) is 19.6 Å². The first-order valence-electron chi connectivity index (χ1n) is 10.3. The molecule has 7 nitrogen and oxygen atoms in total. The molecule has 1 fully saturated rings. The molecule has 1 aliphatic rings. The number of nitrogens with zero attached hydrogens (tertiary/aromatic N) is 5. The van der Waals surface area contributed by atoms with Crippen molar-refractivity contribution >= 4 is 22.6 Å². The Morgan fingerprint density at radius 2 is 2.00 bits per heavy atom. The number of rotatable bonds is 9. The Morgan fingerprint density at radius 1 is 1.26 bits per heavy atom. The molecule has 1 unspecified atom stereocenters. The van der Waals surface area contributed by atoms with Gasteiger partial charge < -0.3 is 20.2 Å². The molecule has 0 aromatic carbocycles. The van der Waals surface area contributed by atoms with Crippen molar-refractivity contribution in [2.75, 3.05) is 50.8 Å². The summed E-state index contributed by atoms with van der Waals surface area (Å²) in [6.07, 6.45) is 2.82. The fourth-order valence-corrected chi connectivity index (χ4v) is 4.20. The van der Waals surface area contributed by atoms with E-state index in [1.54, 1.807) is 0 Å². The number of piperazine rings is 1. The molecular weight excluding hydrogens is 360 g/mol. The number of aryl methyl sites for hydroxylation is 1. The molecule has 1 saturated heterocycles. The number of hydrogen-bond acceptors (Lipinski definition) is 6. The van der Waals surface area contributed by atoms with Crippen molar-refractivity contribution in [2.45, 2.75) is 47.0 Å². The second kappa shape index (κ2) is 11.4. The van der Waals surface area contributed by atoms with Crippen molar-refractivity contribution in [1.29, 1.82) is 0 Å². The quantitative estimate of drug-likeness (QED) is 0.492. The third-order valence-corrected chi connectivity index (χ3v) is 5.61. The molecular formula is C19H36N6OS. The van der Waals surface area contributed by atoms with Crippen molar-refractivity contribution < 1.29 is 5.11 Å². The van der Waals surface area contributed by atoms with E-state index in [1.807, 2.05) is 0 Å². The van der Waals surface area contributed by atoms with Gasteiger partial charge in [-0.05, 0) is 31.6 Å². The number of aliphatic hydroxyl groups is 1. The van der Waals surface area contributed by atoms with Crippen molar-refractivity contribution in [3.63, 3.8) is 0 Å². The SMILES string of the molecule is CCNC(=NCC(CCO)CC(C)C)N1CCN(c2nc(CC)ns2)CC1. The Bertz CT molecular complexity index is 568. The summed E-state index contributed by atoms with van der Waals surface area (Å²) < 4.78 is 4.40. The number of aromatic nitrogens is 2. The minimum atomic E-state index is 0.240. The minimum absolute atomic E-state index is 0.240. The van der Waals surface area contributed by atoms with Gasteiger partial charge in [-0.1, -0.05) is 20.8 Å². The fraction of sp³-hybridized carbons (Fsp3) is 0.842. The average Bonchev–Trinajstić information content (AvgIpc) is 3.14. The van der Waals surface area contributed by atoms with Gasteiger partial charge in [0.25, 0.3) is 0 Å². The highest BCUT2D eigenvalue weighted by Crippen LogP contribution is 2.20. The van der Waals surface area contributed by atoms with E-state index in [4.69, 9.17) is 4.99 Å². The molecule has 1 aromatic rings. The van der Waals surface area contributed by atoms with Crippen molar-refractivity contribution in [3.05, 3.63) is 5.82 Å². The van der Waals surface area contributed by atoms with Crippen LogP contribution in [0.4, 0.5) is 5.13 Å². The summed E-state index contributed by atoms with van der Waals surface area (Å²) >= 11 is 1.50. The lowest BCUT2D eigenvalue weighted by Gasteiger charge is -2.36. The monoisotopic (exact) mass is 396 g/mol. The Hall–Kier alpha value is -1.41. The molecule has 2 heterocycles. The zero-order valence-corrected chi connectivity index (χ0v) is 18.1. The van der Waals surface area contributed by atoms with Gasteiger partial charge in [0.15, 0.2) is 5.96 Å². The summed E-state index contributed by atoms with van der Waals surface area (Å²) in [5, 5.41) is 13.8. The molecule has 154 valence electrons. The topological polar surface area (TPSA) is 76.9 Å². The van der Waals surface area contributed by atoms with Gasteiger partial charge in [-0.25, -0.2) is 4.98 Å². The predicted molar refractivity (Wildman–Crippen MR) is 114 cm³/mol. The average molecular weight is 397 g/mol. The van der Waals surface area contributed by atoms with Crippen LogP contribution in [-0.4, -0.2) is 71.2 Å². The lowest BCUT2D eigenvalue weighted by atomic mass is 9.94. The molecule has 1 atom stereocenters. The van der Waals surface area contributed by atoms with Crippen LogP contribution in [0.2, 0.25) is 0 Å². The maximum Gasteiger partial charge on any atom is 0.205 e. The van der Waals surface area contributed by atoms with E-state index in [1.165, 1.54) is 11.5 Å². The van der Waals surface area contributed by atoms with Gasteiger partial charge in [-0.2, -0.15) is 4.37 Å². The molecule has 0 saturated carbocycles. The normalized spacial score (nSPS) is 16.9. The number of nitrogens with one attached hydrogen (secondary N) is 1. The van der Waals surface area contributed by atoms with E-state index in [0.717, 1.165) is 75.4 Å². The summed E-state index contributed by atoms with van der Waals surface area (Å²) in [6.45, 7) is 14.3. The van der Waals surface area contributed by atoms with Gasteiger partial charge >= 0.3 is 0 Å². The summed E-state index contributed by atoms with van der Waals surface area (Å²) in [4.78, 5) is 14.2. The van der Waals surface area contributed by atoms with Crippen LogP contribution in [0.1, 0.15) is 46.4 Å². The van der Waals surface area contributed by atoms with Crippen LogP contribution in [-0.2, 0) is 6.42 Å². The van der Waals surface area contributed by atoms with Crippen LogP contribution in [0.15, 0.2) is 4.99 Å². The fourth-order valence-electron chi connectivity index (χ4n) is 3.40. The van der Waals surface area contributed by atoms with Gasteiger partial charge in [0.1, 0.15) is 5.82 Å². The number of aliphatic hydroxyl groups excluding tert-OH is 1. The number of anilines is 1. The first-order chi connectivity index (χ1) is 13.1. The van der Waals surface area contributed by atoms with Gasteiger partial charge in [0.05, 0.1) is 0 Å². The molecule has 0 amide bonds. The van der Waals surface area contributed by atoms with E-state index in [9.17, 15) is 5.11 Å². The third-order valence-electron chi connectivity index (χ3n) is 4.80. The van der Waals surface area contributed by atoms with Gasteiger partial charge in [0.2, 0.25) is 5.13 Å². The molecule has 0 aliphatic carbocycles. The van der Waals surface area contributed by atoms with Crippen LogP contribution in [0, 0.1) is 11.8 Å². The highest BCUT2D eigenvalue weighted by molar-refractivity contribution is 7.09. The minimum Gasteiger partial charge on any atom is -0.396 e. The lowest BCUT2D eigenvalue weighted by molar-refractivity contribution is 0.245. The number of guanidine groups is 1. The summed E-state index contributed by atoms with van der Waals surface area (Å²) in [6, 6.07) is 0. The maximum atomic E-state index is 9.33. The second-order valence-corrected chi connectivity index (χ2v) is 8.25. The molecule has 1 aliphatic heterocycles. The summed E-state index contributed by atoms with van der Waals surface area (Å²) in [7, 11) is 0. The molecule has 1 aromatic heterocycles. The smallest absolute Gasteiger partial charge is 0.205 e. The van der Waals surface area contributed by atoms with Crippen molar-refractivity contribution in [3.8, 4) is 0 Å². The highest BCUT2D eigenvalue weighted by Gasteiger charge is 2.22. The standard InChI is InChI=1S/C19H36N6OS/c1-5-17-22-19(27-23-17)25-10-8-24(9-11-25)18(20-6-2)21-14-16(7-12-26)13-15(3)4/h15-16,26H,5-14H2,1-4H3,(H,20,21). The van der Waals surface area contributed by atoms with E-state index < -0.39 is 0 Å². The number of hydrogen-bond donors (Lipinski definition) is 2. The van der Waals surface area contributed by atoms with Gasteiger partial charge in [-0.3, -0.25) is 4.99 Å². The Morgan fingerprint density at radius 3 is 2.56 bits per heavy atom. The van der Waals surface area contributed by atoms with Crippen LogP contribution >= 0.6 is 11.5 Å². The zero-order valence-electron chi connectivity index (χ0n) is 17.3. The van der Waals surface area contributed by atoms with E-state index in [2.05, 4.69) is 52.2 Å². The van der Waals surface area contributed by atoms with Gasteiger partial charge in [-0.15, -0.1) is 0 Å². The zero-order chi connectivity index (χ0) is 19.6. The van der Waals surface area contributed by atoms with Gasteiger partial charge in [0, 0.05) is 63.8 Å². The van der Waals surface area contributed by atoms with Crippen LogP contribution in [0.5, 0.6) is 0 Å². The Balaban J connectivity index is 1.94. The first-order valence-corrected chi connectivity index (χ1v) is 11.1. The molecule has 0 radical (unpaired) electrons. The van der Waals surface area contributed by atoms with E-state index in [0.29, 0.717) is 11.8 Å². The van der Waals surface area contributed by atoms with Crippen LogP contribution in [0.3, 0.4) is 0 Å². The molecule has 0 spiro atoms. The van der Waals surface area contributed by atoms with E-state index >= 15 is 0 Å². The molecule has 2 N–H and O–H groups in total. The van der Waals surface area contributed by atoms with Crippen LogP contribution < -0.4 is 10.2 Å². The molecule has 8 heteroatoms. The molecule has 2 rings (SSSR count).